The molecule has 3 rings (SSSR count). The van der Waals surface area contributed by atoms with Crippen LogP contribution in [-0.2, 0) is 6.54 Å². The van der Waals surface area contributed by atoms with Gasteiger partial charge in [-0.2, -0.15) is 0 Å². The van der Waals surface area contributed by atoms with E-state index in [9.17, 15) is 0 Å². The van der Waals surface area contributed by atoms with Crippen LogP contribution in [0.15, 0.2) is 22.7 Å². The van der Waals surface area contributed by atoms with Gasteiger partial charge in [0.2, 0.25) is 6.79 Å². The highest BCUT2D eigenvalue weighted by Gasteiger charge is 2.14. The number of fused-ring (bicyclic) bond motifs is 1. The Balaban J connectivity index is 1.74. The molecule has 2 aromatic rings. The van der Waals surface area contributed by atoms with Crippen LogP contribution in [0.25, 0.3) is 0 Å². The van der Waals surface area contributed by atoms with Crippen molar-refractivity contribution in [3.05, 3.63) is 35.2 Å². The van der Waals surface area contributed by atoms with Crippen molar-refractivity contribution in [2.45, 2.75) is 20.4 Å². The van der Waals surface area contributed by atoms with E-state index in [1.165, 1.54) is 0 Å². The lowest BCUT2D eigenvalue weighted by molar-refractivity contribution is 0.174. The first kappa shape index (κ1) is 11.0. The molecule has 1 aromatic heterocycles. The van der Waals surface area contributed by atoms with E-state index in [0.717, 1.165) is 34.2 Å². The number of anilines is 1. The largest absolute Gasteiger partial charge is 0.454 e. The summed E-state index contributed by atoms with van der Waals surface area (Å²) in [6.07, 6.45) is 0. The lowest BCUT2D eigenvalue weighted by Crippen LogP contribution is -2.01. The van der Waals surface area contributed by atoms with E-state index in [1.54, 1.807) is 0 Å². The number of aryl methyl sites for hydroxylation is 2. The first-order valence-corrected chi connectivity index (χ1v) is 5.79. The summed E-state index contributed by atoms with van der Waals surface area (Å²) in [4.78, 5) is 0. The van der Waals surface area contributed by atoms with Gasteiger partial charge in [-0.25, -0.2) is 0 Å². The highest BCUT2D eigenvalue weighted by molar-refractivity contribution is 5.55. The van der Waals surface area contributed by atoms with Crippen molar-refractivity contribution < 1.29 is 14.0 Å². The van der Waals surface area contributed by atoms with Crippen molar-refractivity contribution in [3.63, 3.8) is 0 Å². The molecule has 0 unspecified atom stereocenters. The summed E-state index contributed by atoms with van der Waals surface area (Å²) < 4.78 is 15.7. The fourth-order valence-electron chi connectivity index (χ4n) is 1.95. The van der Waals surface area contributed by atoms with E-state index in [-0.39, 0.29) is 0 Å². The molecule has 0 spiro atoms. The quantitative estimate of drug-likeness (QED) is 0.902. The Morgan fingerprint density at radius 2 is 2.06 bits per heavy atom. The van der Waals surface area contributed by atoms with Crippen LogP contribution in [0.1, 0.15) is 17.0 Å². The summed E-state index contributed by atoms with van der Waals surface area (Å²) in [6, 6.07) is 5.80. The number of nitrogens with one attached hydrogen (secondary N) is 1. The summed E-state index contributed by atoms with van der Waals surface area (Å²) in [7, 11) is 0. The fraction of sp³-hybridized carbons (Fsp3) is 0.308. The van der Waals surface area contributed by atoms with E-state index in [0.29, 0.717) is 13.3 Å². The van der Waals surface area contributed by atoms with Crippen LogP contribution in [0.4, 0.5) is 5.69 Å². The monoisotopic (exact) mass is 246 g/mol. The van der Waals surface area contributed by atoms with Gasteiger partial charge in [0.25, 0.3) is 0 Å². The van der Waals surface area contributed by atoms with Gasteiger partial charge in [0, 0.05) is 23.9 Å². The maximum Gasteiger partial charge on any atom is 0.231 e. The number of ether oxygens (including phenoxy) is 2. The third kappa shape index (κ3) is 1.88. The summed E-state index contributed by atoms with van der Waals surface area (Å²) in [6.45, 7) is 4.83. The third-order valence-electron chi connectivity index (χ3n) is 3.02. The van der Waals surface area contributed by atoms with E-state index >= 15 is 0 Å². The Kier molecular flexibility index (Phi) is 2.59. The van der Waals surface area contributed by atoms with E-state index < -0.39 is 0 Å². The van der Waals surface area contributed by atoms with Crippen molar-refractivity contribution >= 4 is 5.69 Å². The number of rotatable bonds is 3. The first-order chi connectivity index (χ1) is 8.74. The molecule has 1 aliphatic rings. The van der Waals surface area contributed by atoms with Crippen LogP contribution in [0.2, 0.25) is 0 Å². The van der Waals surface area contributed by atoms with Gasteiger partial charge < -0.3 is 19.3 Å². The molecule has 2 heterocycles. The molecule has 0 bridgehead atoms. The highest BCUT2D eigenvalue weighted by Crippen LogP contribution is 2.34. The molecule has 0 atom stereocenters. The van der Waals surface area contributed by atoms with Crippen LogP contribution >= 0.6 is 0 Å². The van der Waals surface area contributed by atoms with Crippen LogP contribution in [-0.4, -0.2) is 11.9 Å². The van der Waals surface area contributed by atoms with Crippen LogP contribution in [0.5, 0.6) is 11.5 Å². The Bertz CT molecular complexity index is 558. The van der Waals surface area contributed by atoms with E-state index in [1.807, 2.05) is 32.0 Å². The van der Waals surface area contributed by atoms with Gasteiger partial charge in [0.05, 0.1) is 5.69 Å². The first-order valence-electron chi connectivity index (χ1n) is 5.79. The topological polar surface area (TPSA) is 56.5 Å². The summed E-state index contributed by atoms with van der Waals surface area (Å²) >= 11 is 0. The zero-order valence-corrected chi connectivity index (χ0v) is 10.3. The highest BCUT2D eigenvalue weighted by atomic mass is 16.7. The minimum atomic E-state index is 0.294. The number of hydrogen-bond acceptors (Lipinski definition) is 5. The molecule has 0 saturated heterocycles. The normalized spacial score (nSPS) is 12.8. The van der Waals surface area contributed by atoms with Gasteiger partial charge in [-0.3, -0.25) is 0 Å². The second-order valence-corrected chi connectivity index (χ2v) is 4.22. The molecule has 0 radical (unpaired) electrons. The van der Waals surface area contributed by atoms with Crippen LogP contribution < -0.4 is 14.8 Å². The molecular weight excluding hydrogens is 232 g/mol. The number of benzene rings is 1. The minimum Gasteiger partial charge on any atom is -0.454 e. The van der Waals surface area contributed by atoms with Gasteiger partial charge in [0.1, 0.15) is 5.76 Å². The molecule has 1 aliphatic heterocycles. The Morgan fingerprint density at radius 1 is 1.22 bits per heavy atom. The maximum atomic E-state index is 5.33. The Hall–Kier alpha value is -2.17. The van der Waals surface area contributed by atoms with Crippen LogP contribution in [0, 0.1) is 13.8 Å². The van der Waals surface area contributed by atoms with Gasteiger partial charge in [-0.1, -0.05) is 5.16 Å². The molecule has 0 saturated carbocycles. The Labute approximate surface area is 105 Å². The van der Waals surface area contributed by atoms with Gasteiger partial charge >= 0.3 is 0 Å². The average molecular weight is 246 g/mol. The summed E-state index contributed by atoms with van der Waals surface area (Å²) in [5, 5.41) is 7.25. The second-order valence-electron chi connectivity index (χ2n) is 4.22. The standard InChI is InChI=1S/C13H14N2O3/c1-8-11(9(2)18-15-8)6-14-10-3-4-12-13(5-10)17-7-16-12/h3-5,14H,6-7H2,1-2H3. The lowest BCUT2D eigenvalue weighted by atomic mass is 10.2. The smallest absolute Gasteiger partial charge is 0.231 e. The molecular formula is C13H14N2O3. The minimum absolute atomic E-state index is 0.294. The zero-order chi connectivity index (χ0) is 12.5. The van der Waals surface area contributed by atoms with Gasteiger partial charge in [-0.05, 0) is 26.0 Å². The average Bonchev–Trinajstić information content (AvgIpc) is 2.94. The van der Waals surface area contributed by atoms with Crippen molar-refractivity contribution in [2.24, 2.45) is 0 Å². The van der Waals surface area contributed by atoms with Gasteiger partial charge in [-0.15, -0.1) is 0 Å². The SMILES string of the molecule is Cc1noc(C)c1CNc1ccc2c(c1)OCO2. The molecule has 1 aromatic carbocycles. The van der Waals surface area contributed by atoms with Crippen LogP contribution in [0.3, 0.4) is 0 Å². The van der Waals surface area contributed by atoms with Gasteiger partial charge in [0.15, 0.2) is 11.5 Å². The van der Waals surface area contributed by atoms with Crippen molar-refractivity contribution in [3.8, 4) is 11.5 Å². The van der Waals surface area contributed by atoms with E-state index in [2.05, 4.69) is 10.5 Å². The molecule has 18 heavy (non-hydrogen) atoms. The van der Waals surface area contributed by atoms with Crippen molar-refractivity contribution in [2.75, 3.05) is 12.1 Å². The number of nitrogens with zero attached hydrogens (tertiary/aromatic N) is 1. The predicted octanol–water partition coefficient (Wildman–Crippen LogP) is 2.63. The fourth-order valence-corrected chi connectivity index (χ4v) is 1.95. The molecule has 94 valence electrons. The molecule has 5 heteroatoms. The number of aromatic nitrogens is 1. The third-order valence-corrected chi connectivity index (χ3v) is 3.02. The van der Waals surface area contributed by atoms with Crippen molar-refractivity contribution in [1.82, 2.24) is 5.16 Å². The lowest BCUT2D eigenvalue weighted by Gasteiger charge is -2.06. The maximum absolute atomic E-state index is 5.33. The molecule has 0 amide bonds. The molecule has 5 nitrogen and oxygen atoms in total. The Morgan fingerprint density at radius 3 is 2.83 bits per heavy atom. The summed E-state index contributed by atoms with van der Waals surface area (Å²) in [5.41, 5.74) is 2.99. The zero-order valence-electron chi connectivity index (χ0n) is 10.3. The predicted molar refractivity (Wildman–Crippen MR) is 65.9 cm³/mol. The number of hydrogen-bond donors (Lipinski definition) is 1. The molecule has 0 aliphatic carbocycles. The van der Waals surface area contributed by atoms with E-state index in [4.69, 9.17) is 14.0 Å². The second kappa shape index (κ2) is 4.25. The molecule has 0 fully saturated rings. The summed E-state index contributed by atoms with van der Waals surface area (Å²) in [5.74, 6) is 2.41. The van der Waals surface area contributed by atoms with Crippen molar-refractivity contribution in [1.29, 1.82) is 0 Å². The molecule has 1 N–H and O–H groups in total.